The van der Waals surface area contributed by atoms with E-state index in [1.54, 1.807) is 0 Å². The van der Waals surface area contributed by atoms with Crippen LogP contribution in [0.25, 0.3) is 5.57 Å². The molecule has 2 rings (SSSR count). The molecule has 16 heavy (non-hydrogen) atoms. The monoisotopic (exact) mass is 216 g/mol. The molecule has 2 nitrogen and oxygen atoms in total. The van der Waals surface area contributed by atoms with E-state index in [1.807, 2.05) is 51.1 Å². The van der Waals surface area contributed by atoms with Gasteiger partial charge in [-0.25, -0.2) is 0 Å². The van der Waals surface area contributed by atoms with Gasteiger partial charge >= 0.3 is 5.97 Å². The second kappa shape index (κ2) is 3.78. The van der Waals surface area contributed by atoms with E-state index in [1.165, 1.54) is 0 Å². The van der Waals surface area contributed by atoms with Crippen molar-refractivity contribution < 1.29 is 9.53 Å². The summed E-state index contributed by atoms with van der Waals surface area (Å²) in [6.45, 7) is 6.20. The summed E-state index contributed by atoms with van der Waals surface area (Å²) in [5, 5.41) is 0. The Bertz CT molecular complexity index is 445. The third-order valence-electron chi connectivity index (χ3n) is 3.31. The molecular formula is C14H16O2. The minimum Gasteiger partial charge on any atom is -0.465 e. The highest BCUT2D eigenvalue weighted by molar-refractivity contribution is 6.08. The van der Waals surface area contributed by atoms with Gasteiger partial charge in [0.15, 0.2) is 0 Å². The Hall–Kier alpha value is -1.57. The van der Waals surface area contributed by atoms with Crippen LogP contribution in [-0.2, 0) is 9.53 Å². The maximum Gasteiger partial charge on any atom is 0.320 e. The maximum atomic E-state index is 11.9. The zero-order valence-electron chi connectivity index (χ0n) is 9.91. The zero-order chi connectivity index (χ0) is 11.8. The average Bonchev–Trinajstić information content (AvgIpc) is 2.85. The predicted octanol–water partition coefficient (Wildman–Crippen LogP) is 3.04. The first-order chi connectivity index (χ1) is 7.62. The van der Waals surface area contributed by atoms with Crippen LogP contribution in [0.5, 0.6) is 0 Å². The van der Waals surface area contributed by atoms with Gasteiger partial charge < -0.3 is 4.74 Å². The molecule has 2 heteroatoms. The van der Waals surface area contributed by atoms with Gasteiger partial charge in [0, 0.05) is 0 Å². The van der Waals surface area contributed by atoms with E-state index in [0.29, 0.717) is 6.61 Å². The molecule has 1 atom stereocenters. The molecule has 1 aliphatic carbocycles. The molecule has 0 aromatic heterocycles. The van der Waals surface area contributed by atoms with Crippen molar-refractivity contribution in [2.75, 3.05) is 6.61 Å². The highest BCUT2D eigenvalue weighted by Gasteiger charge is 2.54. The summed E-state index contributed by atoms with van der Waals surface area (Å²) < 4.78 is 5.11. The lowest BCUT2D eigenvalue weighted by Gasteiger charge is -2.12. The fraction of sp³-hybridized carbons (Fsp3) is 0.357. The van der Waals surface area contributed by atoms with Gasteiger partial charge in [0.25, 0.3) is 0 Å². The molecule has 1 aromatic rings. The lowest BCUT2D eigenvalue weighted by molar-refractivity contribution is -0.147. The van der Waals surface area contributed by atoms with Crippen LogP contribution in [0.1, 0.15) is 26.3 Å². The lowest BCUT2D eigenvalue weighted by Crippen LogP contribution is -2.19. The summed E-state index contributed by atoms with van der Waals surface area (Å²) in [6.07, 6.45) is 0. The molecule has 0 heterocycles. The van der Waals surface area contributed by atoms with E-state index in [2.05, 4.69) is 0 Å². The molecule has 1 unspecified atom stereocenters. The maximum absolute atomic E-state index is 11.9. The fourth-order valence-electron chi connectivity index (χ4n) is 2.17. The summed E-state index contributed by atoms with van der Waals surface area (Å²) >= 11 is 0. The average molecular weight is 216 g/mol. The van der Waals surface area contributed by atoms with E-state index in [4.69, 9.17) is 4.74 Å². The highest BCUT2D eigenvalue weighted by atomic mass is 16.5. The third-order valence-corrected chi connectivity index (χ3v) is 3.31. The molecule has 0 spiro atoms. The fourth-order valence-corrected chi connectivity index (χ4v) is 2.17. The highest BCUT2D eigenvalue weighted by Crippen LogP contribution is 2.58. The van der Waals surface area contributed by atoms with E-state index >= 15 is 0 Å². The van der Waals surface area contributed by atoms with Crippen LogP contribution in [0.15, 0.2) is 35.9 Å². The van der Waals surface area contributed by atoms with Gasteiger partial charge in [-0.2, -0.15) is 0 Å². The SMILES string of the molecule is CCOC(=O)C1(C)C(C)=C1c1ccccc1. The van der Waals surface area contributed by atoms with Gasteiger partial charge in [0.1, 0.15) is 5.41 Å². The molecule has 0 amide bonds. The van der Waals surface area contributed by atoms with Crippen molar-refractivity contribution in [1.82, 2.24) is 0 Å². The Morgan fingerprint density at radius 1 is 1.31 bits per heavy atom. The Morgan fingerprint density at radius 2 is 1.94 bits per heavy atom. The number of carbonyl (C=O) groups excluding carboxylic acids is 1. The van der Waals surface area contributed by atoms with Gasteiger partial charge in [-0.1, -0.05) is 30.3 Å². The second-order valence-electron chi connectivity index (χ2n) is 4.21. The summed E-state index contributed by atoms with van der Waals surface area (Å²) in [5.74, 6) is -0.133. The molecule has 0 saturated heterocycles. The Morgan fingerprint density at radius 3 is 2.50 bits per heavy atom. The summed E-state index contributed by atoms with van der Waals surface area (Å²) in [4.78, 5) is 11.9. The lowest BCUT2D eigenvalue weighted by atomic mass is 9.97. The van der Waals surface area contributed by atoms with Crippen LogP contribution in [-0.4, -0.2) is 12.6 Å². The van der Waals surface area contributed by atoms with Crippen LogP contribution in [0.3, 0.4) is 0 Å². The summed E-state index contributed by atoms with van der Waals surface area (Å²) in [5.41, 5.74) is 2.87. The number of hydrogen-bond donors (Lipinski definition) is 0. The number of ether oxygens (including phenoxy) is 1. The Balaban J connectivity index is 2.24. The largest absolute Gasteiger partial charge is 0.465 e. The molecule has 0 fully saturated rings. The first-order valence-corrected chi connectivity index (χ1v) is 5.56. The minimum atomic E-state index is -0.489. The van der Waals surface area contributed by atoms with Crippen molar-refractivity contribution in [3.63, 3.8) is 0 Å². The van der Waals surface area contributed by atoms with Gasteiger partial charge in [-0.05, 0) is 37.5 Å². The normalized spacial score (nSPS) is 23.2. The van der Waals surface area contributed by atoms with Gasteiger partial charge in [0.05, 0.1) is 6.61 Å². The quantitative estimate of drug-likeness (QED) is 0.726. The molecule has 1 aliphatic rings. The number of rotatable bonds is 3. The van der Waals surface area contributed by atoms with E-state index in [9.17, 15) is 4.79 Å². The van der Waals surface area contributed by atoms with Crippen molar-refractivity contribution in [3.8, 4) is 0 Å². The van der Waals surface area contributed by atoms with Crippen LogP contribution in [0.4, 0.5) is 0 Å². The van der Waals surface area contributed by atoms with Crippen LogP contribution < -0.4 is 0 Å². The molecule has 84 valence electrons. The van der Waals surface area contributed by atoms with Crippen molar-refractivity contribution in [2.45, 2.75) is 20.8 Å². The van der Waals surface area contributed by atoms with Crippen molar-refractivity contribution in [3.05, 3.63) is 41.5 Å². The molecule has 0 radical (unpaired) electrons. The smallest absolute Gasteiger partial charge is 0.320 e. The molecule has 1 aromatic carbocycles. The van der Waals surface area contributed by atoms with Gasteiger partial charge in [0.2, 0.25) is 0 Å². The standard InChI is InChI=1S/C14H16O2/c1-4-16-13(15)14(3)10(2)12(14)11-8-6-5-7-9-11/h5-9H,4H2,1-3H3. The molecule has 0 bridgehead atoms. The van der Waals surface area contributed by atoms with Crippen LogP contribution >= 0.6 is 0 Å². The van der Waals surface area contributed by atoms with Gasteiger partial charge in [-0.15, -0.1) is 0 Å². The van der Waals surface area contributed by atoms with E-state index in [-0.39, 0.29) is 5.97 Å². The summed E-state index contributed by atoms with van der Waals surface area (Å²) in [6, 6.07) is 10.0. The molecule has 0 aliphatic heterocycles. The van der Waals surface area contributed by atoms with E-state index < -0.39 is 5.41 Å². The van der Waals surface area contributed by atoms with Crippen LogP contribution in [0.2, 0.25) is 0 Å². The number of esters is 1. The predicted molar refractivity (Wildman–Crippen MR) is 63.8 cm³/mol. The third kappa shape index (κ3) is 1.45. The topological polar surface area (TPSA) is 26.3 Å². The first-order valence-electron chi connectivity index (χ1n) is 5.56. The zero-order valence-corrected chi connectivity index (χ0v) is 9.91. The van der Waals surface area contributed by atoms with Crippen molar-refractivity contribution in [1.29, 1.82) is 0 Å². The Kier molecular flexibility index (Phi) is 2.58. The summed E-state index contributed by atoms with van der Waals surface area (Å²) in [7, 11) is 0. The second-order valence-corrected chi connectivity index (χ2v) is 4.21. The molecular weight excluding hydrogens is 200 g/mol. The molecule has 0 N–H and O–H groups in total. The number of carbonyl (C=O) groups is 1. The Labute approximate surface area is 95.9 Å². The molecule has 0 saturated carbocycles. The van der Waals surface area contributed by atoms with E-state index in [0.717, 1.165) is 16.7 Å². The number of hydrogen-bond acceptors (Lipinski definition) is 2. The van der Waals surface area contributed by atoms with Crippen molar-refractivity contribution in [2.24, 2.45) is 5.41 Å². The minimum absolute atomic E-state index is 0.133. The van der Waals surface area contributed by atoms with Crippen molar-refractivity contribution >= 4 is 11.5 Å². The first kappa shape index (κ1) is 10.9. The van der Waals surface area contributed by atoms with Crippen LogP contribution in [0, 0.1) is 5.41 Å². The number of benzene rings is 1. The van der Waals surface area contributed by atoms with Gasteiger partial charge in [-0.3, -0.25) is 4.79 Å².